The van der Waals surface area contributed by atoms with Gasteiger partial charge < -0.3 is 16.2 Å². The Kier molecular flexibility index (Phi) is 35.2. The summed E-state index contributed by atoms with van der Waals surface area (Å²) in [6.45, 7) is 17.3. The molecule has 0 saturated carbocycles. The maximum absolute atomic E-state index is 11.0. The standard InChI is InChI=1S/C14H19N.C9H9ClO.C4H8N2.2C2H6.CH4O/c1-4-12(2)6-5-7-13-8-10-14(15-3)11-9-13;1-6-4-3-5-8(10)9(6)7(2)11;1-6-4-2-3-5;3*1-2/h4-5,7-12,15H,1,6H2,2-3H3;3-5H,1-2H3;2-4H,5H2,1H3;2*1-2H3;2H,1H3/b7-5+;;3-2-,6-4?;;;. The number of hydrogen-bond donors (Lipinski definition) is 3. The normalized spacial score (nSPS) is 10.1. The molecule has 0 aliphatic rings. The molecule has 38 heavy (non-hydrogen) atoms. The van der Waals surface area contributed by atoms with Crippen molar-refractivity contribution in [3.05, 3.63) is 95.2 Å². The topological polar surface area (TPSA) is 87.7 Å². The van der Waals surface area contributed by atoms with Gasteiger partial charge in [0.1, 0.15) is 0 Å². The average Bonchev–Trinajstić information content (AvgIpc) is 2.96. The minimum absolute atomic E-state index is 0.0214. The van der Waals surface area contributed by atoms with Crippen molar-refractivity contribution in [3.8, 4) is 0 Å². The van der Waals surface area contributed by atoms with Gasteiger partial charge in [-0.1, -0.05) is 88.7 Å². The summed E-state index contributed by atoms with van der Waals surface area (Å²) < 4.78 is 0. The number of rotatable bonds is 7. The van der Waals surface area contributed by atoms with Crippen LogP contribution in [0.1, 0.15) is 69.4 Å². The number of aliphatic hydroxyl groups excluding tert-OH is 1. The third-order valence-electron chi connectivity index (χ3n) is 4.34. The highest BCUT2D eigenvalue weighted by Crippen LogP contribution is 2.19. The van der Waals surface area contributed by atoms with Crippen molar-refractivity contribution in [3.63, 3.8) is 0 Å². The van der Waals surface area contributed by atoms with Crippen LogP contribution in [0.15, 0.2) is 78.5 Å². The van der Waals surface area contributed by atoms with E-state index in [-0.39, 0.29) is 5.78 Å². The SMILES string of the molecule is C=CC(C)C/C=C/c1ccc(NC)cc1.CC.CC.CC(=O)c1c(C)cccc1Cl.CN=C/C=C\N.CO. The summed E-state index contributed by atoms with van der Waals surface area (Å²) in [6.07, 6.45) is 12.1. The van der Waals surface area contributed by atoms with Crippen molar-refractivity contribution in [2.24, 2.45) is 16.6 Å². The van der Waals surface area contributed by atoms with Gasteiger partial charge in [0.05, 0.1) is 5.02 Å². The summed E-state index contributed by atoms with van der Waals surface area (Å²) >= 11 is 5.80. The molecule has 0 amide bonds. The molecule has 2 aromatic rings. The van der Waals surface area contributed by atoms with Crippen LogP contribution in [0.3, 0.4) is 0 Å². The number of halogens is 1. The number of allylic oxidation sites excluding steroid dienone is 3. The molecule has 0 fully saturated rings. The lowest BCUT2D eigenvalue weighted by Gasteiger charge is -2.02. The number of aliphatic hydroxyl groups is 1. The number of ketones is 1. The van der Waals surface area contributed by atoms with E-state index in [4.69, 9.17) is 22.4 Å². The van der Waals surface area contributed by atoms with E-state index < -0.39 is 0 Å². The Hall–Kier alpha value is -3.15. The van der Waals surface area contributed by atoms with E-state index in [9.17, 15) is 4.79 Å². The maximum Gasteiger partial charge on any atom is 0.161 e. The van der Waals surface area contributed by atoms with Gasteiger partial charge in [-0.05, 0) is 67.8 Å². The van der Waals surface area contributed by atoms with E-state index in [1.807, 2.05) is 59.9 Å². The van der Waals surface area contributed by atoms with Crippen LogP contribution in [0.4, 0.5) is 5.69 Å². The highest BCUT2D eigenvalue weighted by Gasteiger charge is 2.06. The fourth-order valence-electron chi connectivity index (χ4n) is 2.49. The second-order valence-corrected chi connectivity index (χ2v) is 7.41. The number of Topliss-reactive ketones (excluding diaryl/α,β-unsaturated/α-hetero) is 1. The summed E-state index contributed by atoms with van der Waals surface area (Å²) in [5.41, 5.74) is 8.90. The number of carbonyl (C=O) groups excluding carboxylic acids is 1. The molecule has 2 aromatic carbocycles. The third kappa shape index (κ3) is 23.3. The first-order valence-corrected chi connectivity index (χ1v) is 13.2. The lowest BCUT2D eigenvalue weighted by atomic mass is 10.1. The van der Waals surface area contributed by atoms with Gasteiger partial charge in [-0.3, -0.25) is 9.79 Å². The highest BCUT2D eigenvalue weighted by molar-refractivity contribution is 6.34. The summed E-state index contributed by atoms with van der Waals surface area (Å²) in [6, 6.07) is 13.8. The molecule has 0 aromatic heterocycles. The quantitative estimate of drug-likeness (QED) is 0.184. The summed E-state index contributed by atoms with van der Waals surface area (Å²) in [7, 11) is 4.62. The lowest BCUT2D eigenvalue weighted by Crippen LogP contribution is -1.96. The molecular formula is C32H52ClN3O2. The lowest BCUT2D eigenvalue weighted by molar-refractivity contribution is 0.101. The predicted molar refractivity (Wildman–Crippen MR) is 174 cm³/mol. The molecule has 214 valence electrons. The zero-order valence-corrected chi connectivity index (χ0v) is 26.0. The number of carbonyl (C=O) groups is 1. The number of aryl methyl sites for hydroxylation is 1. The van der Waals surface area contributed by atoms with Crippen molar-refractivity contribution in [1.29, 1.82) is 0 Å². The summed E-state index contributed by atoms with van der Waals surface area (Å²) in [4.78, 5) is 14.6. The Morgan fingerprint density at radius 3 is 2.03 bits per heavy atom. The molecule has 0 bridgehead atoms. The molecule has 6 heteroatoms. The van der Waals surface area contributed by atoms with Crippen LogP contribution in [0.25, 0.3) is 6.08 Å². The molecule has 0 heterocycles. The van der Waals surface area contributed by atoms with E-state index in [0.717, 1.165) is 24.8 Å². The number of aliphatic imine (C=N–C) groups is 1. The maximum atomic E-state index is 11.0. The molecule has 5 nitrogen and oxygen atoms in total. The van der Waals surface area contributed by atoms with Gasteiger partial charge in [0.2, 0.25) is 0 Å². The van der Waals surface area contributed by atoms with Crippen LogP contribution in [0.2, 0.25) is 5.02 Å². The highest BCUT2D eigenvalue weighted by atomic mass is 35.5. The van der Waals surface area contributed by atoms with Crippen LogP contribution in [-0.4, -0.2) is 38.3 Å². The average molecular weight is 546 g/mol. The number of anilines is 1. The van der Waals surface area contributed by atoms with Gasteiger partial charge in [0.15, 0.2) is 5.78 Å². The number of nitrogens with zero attached hydrogens (tertiary/aromatic N) is 1. The van der Waals surface area contributed by atoms with Gasteiger partial charge in [-0.2, -0.15) is 0 Å². The van der Waals surface area contributed by atoms with Gasteiger partial charge >= 0.3 is 0 Å². The predicted octanol–water partition coefficient (Wildman–Crippen LogP) is 8.63. The van der Waals surface area contributed by atoms with Crippen LogP contribution in [-0.2, 0) is 0 Å². The Morgan fingerprint density at radius 2 is 1.68 bits per heavy atom. The van der Waals surface area contributed by atoms with Crippen molar-refractivity contribution < 1.29 is 9.90 Å². The molecule has 0 aliphatic heterocycles. The number of hydrogen-bond acceptors (Lipinski definition) is 5. The van der Waals surface area contributed by atoms with Crippen molar-refractivity contribution in [2.45, 2.75) is 54.9 Å². The first-order valence-electron chi connectivity index (χ1n) is 12.9. The van der Waals surface area contributed by atoms with Crippen LogP contribution in [0.5, 0.6) is 0 Å². The fourth-order valence-corrected chi connectivity index (χ4v) is 2.84. The minimum atomic E-state index is 0.0214. The van der Waals surface area contributed by atoms with Crippen LogP contribution < -0.4 is 11.1 Å². The van der Waals surface area contributed by atoms with Crippen molar-refractivity contribution in [2.75, 3.05) is 26.5 Å². The van der Waals surface area contributed by atoms with Gasteiger partial charge in [-0.15, -0.1) is 6.58 Å². The fraction of sp³-hybridized carbons (Fsp3) is 0.375. The zero-order valence-electron chi connectivity index (χ0n) is 25.3. The van der Waals surface area contributed by atoms with E-state index in [0.29, 0.717) is 16.5 Å². The van der Waals surface area contributed by atoms with E-state index in [1.54, 1.807) is 25.4 Å². The van der Waals surface area contributed by atoms with Gasteiger partial charge in [-0.25, -0.2) is 0 Å². The van der Waals surface area contributed by atoms with Crippen molar-refractivity contribution in [1.82, 2.24) is 0 Å². The Bertz CT molecular complexity index is 875. The molecule has 0 saturated heterocycles. The molecular weight excluding hydrogens is 494 g/mol. The minimum Gasteiger partial charge on any atom is -0.405 e. The number of benzene rings is 2. The molecule has 0 spiro atoms. The summed E-state index contributed by atoms with van der Waals surface area (Å²) in [5.74, 6) is 0.575. The first-order chi connectivity index (χ1) is 18.3. The molecule has 4 N–H and O–H groups in total. The van der Waals surface area contributed by atoms with Gasteiger partial charge in [0.25, 0.3) is 0 Å². The van der Waals surface area contributed by atoms with Crippen LogP contribution >= 0.6 is 11.6 Å². The zero-order chi connectivity index (χ0) is 30.4. The largest absolute Gasteiger partial charge is 0.405 e. The monoisotopic (exact) mass is 545 g/mol. The first kappa shape index (κ1) is 42.0. The smallest absolute Gasteiger partial charge is 0.161 e. The molecule has 1 atom stereocenters. The Morgan fingerprint density at radius 1 is 1.13 bits per heavy atom. The van der Waals surface area contributed by atoms with E-state index >= 15 is 0 Å². The molecule has 0 radical (unpaired) electrons. The summed E-state index contributed by atoms with van der Waals surface area (Å²) in [5, 5.41) is 10.6. The molecule has 1 unspecified atom stereocenters. The number of nitrogens with two attached hydrogens (primary N) is 1. The second-order valence-electron chi connectivity index (χ2n) is 7.00. The van der Waals surface area contributed by atoms with Crippen molar-refractivity contribution >= 4 is 35.4 Å². The van der Waals surface area contributed by atoms with Crippen LogP contribution in [0, 0.1) is 12.8 Å². The Balaban J connectivity index is -0.000000221. The van der Waals surface area contributed by atoms with E-state index in [1.165, 1.54) is 18.7 Å². The molecule has 2 rings (SSSR count). The van der Waals surface area contributed by atoms with E-state index in [2.05, 4.69) is 60.2 Å². The molecule has 0 aliphatic carbocycles. The third-order valence-corrected chi connectivity index (χ3v) is 4.66. The van der Waals surface area contributed by atoms with Gasteiger partial charge in [0, 0.05) is 38.7 Å². The second kappa shape index (κ2) is 31.9. The Labute approximate surface area is 238 Å². The number of nitrogens with one attached hydrogen (secondary N) is 1.